The number of benzene rings is 1. The molecule has 4 heteroatoms. The minimum atomic E-state index is -0.284. The lowest BCUT2D eigenvalue weighted by atomic mass is 10.0. The van der Waals surface area contributed by atoms with Crippen molar-refractivity contribution >= 4 is 23.2 Å². The summed E-state index contributed by atoms with van der Waals surface area (Å²) in [6.45, 7) is 0. The third-order valence-electron chi connectivity index (χ3n) is 2.20. The van der Waals surface area contributed by atoms with Crippen LogP contribution < -0.4 is 0 Å². The lowest BCUT2D eigenvalue weighted by Gasteiger charge is -2.06. The van der Waals surface area contributed by atoms with Crippen molar-refractivity contribution in [3.05, 3.63) is 53.1 Å². The first kappa shape index (κ1) is 11.4. The first-order chi connectivity index (χ1) is 7.70. The Kier molecular flexibility index (Phi) is 3.42. The van der Waals surface area contributed by atoms with Crippen LogP contribution in [0.1, 0.15) is 5.69 Å². The fraction of sp³-hybridized carbons (Fsp3) is 0.0833. The Morgan fingerprint density at radius 1 is 1.19 bits per heavy atom. The second-order valence-electron chi connectivity index (χ2n) is 3.27. The molecule has 2 rings (SSSR count). The van der Waals surface area contributed by atoms with Crippen LogP contribution in [0.3, 0.4) is 0 Å². The van der Waals surface area contributed by atoms with Crippen molar-refractivity contribution < 1.29 is 4.39 Å². The van der Waals surface area contributed by atoms with E-state index < -0.39 is 0 Å². The molecule has 82 valence electrons. The Morgan fingerprint density at radius 3 is 2.69 bits per heavy atom. The zero-order valence-corrected chi connectivity index (χ0v) is 9.76. The molecule has 0 unspecified atom stereocenters. The summed E-state index contributed by atoms with van der Waals surface area (Å²) >= 11 is 11.5. The summed E-state index contributed by atoms with van der Waals surface area (Å²) in [5.41, 5.74) is 2.21. The zero-order valence-electron chi connectivity index (χ0n) is 8.25. The second kappa shape index (κ2) is 4.81. The van der Waals surface area contributed by atoms with Crippen LogP contribution in [0.2, 0.25) is 5.15 Å². The SMILES string of the molecule is Fc1cccc(-c2ccc(Cl)nc2CCl)c1. The van der Waals surface area contributed by atoms with Gasteiger partial charge in [-0.15, -0.1) is 11.6 Å². The molecule has 1 aromatic heterocycles. The van der Waals surface area contributed by atoms with E-state index in [9.17, 15) is 4.39 Å². The third kappa shape index (κ3) is 2.34. The van der Waals surface area contributed by atoms with Gasteiger partial charge in [0.25, 0.3) is 0 Å². The van der Waals surface area contributed by atoms with E-state index in [0.29, 0.717) is 10.8 Å². The van der Waals surface area contributed by atoms with E-state index in [1.807, 2.05) is 6.07 Å². The molecule has 2 aromatic rings. The highest BCUT2D eigenvalue weighted by atomic mass is 35.5. The molecule has 0 spiro atoms. The molecular formula is C12H8Cl2FN. The van der Waals surface area contributed by atoms with E-state index in [2.05, 4.69) is 4.98 Å². The Labute approximate surface area is 103 Å². The third-order valence-corrected chi connectivity index (χ3v) is 2.67. The van der Waals surface area contributed by atoms with E-state index in [-0.39, 0.29) is 11.7 Å². The molecule has 1 aromatic carbocycles. The summed E-state index contributed by atoms with van der Waals surface area (Å²) in [5.74, 6) is -0.0418. The van der Waals surface area contributed by atoms with Gasteiger partial charge in [-0.05, 0) is 29.8 Å². The largest absolute Gasteiger partial charge is 0.239 e. The highest BCUT2D eigenvalue weighted by Gasteiger charge is 2.07. The summed E-state index contributed by atoms with van der Waals surface area (Å²) in [5, 5.41) is 0.385. The normalized spacial score (nSPS) is 10.4. The predicted octanol–water partition coefficient (Wildman–Crippen LogP) is 4.28. The molecule has 0 fully saturated rings. The fourth-order valence-corrected chi connectivity index (χ4v) is 1.86. The average Bonchev–Trinajstić information content (AvgIpc) is 2.28. The molecule has 16 heavy (non-hydrogen) atoms. The molecular weight excluding hydrogens is 248 g/mol. The lowest BCUT2D eigenvalue weighted by Crippen LogP contribution is -1.91. The first-order valence-electron chi connectivity index (χ1n) is 4.68. The monoisotopic (exact) mass is 255 g/mol. The molecule has 0 aliphatic carbocycles. The maximum atomic E-state index is 13.1. The number of pyridine rings is 1. The van der Waals surface area contributed by atoms with Crippen molar-refractivity contribution in [3.63, 3.8) is 0 Å². The summed E-state index contributed by atoms with van der Waals surface area (Å²) in [7, 11) is 0. The Morgan fingerprint density at radius 2 is 2.00 bits per heavy atom. The summed E-state index contributed by atoms with van der Waals surface area (Å²) in [6.07, 6.45) is 0. The molecule has 0 saturated carbocycles. The Balaban J connectivity index is 2.55. The minimum absolute atomic E-state index is 0.242. The fourth-order valence-electron chi connectivity index (χ4n) is 1.50. The Bertz CT molecular complexity index is 514. The molecule has 0 aliphatic rings. The van der Waals surface area contributed by atoms with Gasteiger partial charge in [-0.25, -0.2) is 9.37 Å². The standard InChI is InChI=1S/C12H8Cl2FN/c13-7-11-10(4-5-12(14)16-11)8-2-1-3-9(15)6-8/h1-6H,7H2. The number of nitrogens with zero attached hydrogens (tertiary/aromatic N) is 1. The highest BCUT2D eigenvalue weighted by molar-refractivity contribution is 6.29. The van der Waals surface area contributed by atoms with Crippen molar-refractivity contribution in [1.29, 1.82) is 0 Å². The maximum Gasteiger partial charge on any atom is 0.129 e. The van der Waals surface area contributed by atoms with Gasteiger partial charge in [-0.1, -0.05) is 23.7 Å². The van der Waals surface area contributed by atoms with Crippen LogP contribution in [0.5, 0.6) is 0 Å². The van der Waals surface area contributed by atoms with Crippen LogP contribution in [0.4, 0.5) is 4.39 Å². The summed E-state index contributed by atoms with van der Waals surface area (Å²) in [6, 6.07) is 9.76. The smallest absolute Gasteiger partial charge is 0.129 e. The number of hydrogen-bond donors (Lipinski definition) is 0. The minimum Gasteiger partial charge on any atom is -0.239 e. The number of halogens is 3. The maximum absolute atomic E-state index is 13.1. The van der Waals surface area contributed by atoms with E-state index >= 15 is 0 Å². The summed E-state index contributed by atoms with van der Waals surface area (Å²) < 4.78 is 13.1. The van der Waals surface area contributed by atoms with Crippen LogP contribution in [0.15, 0.2) is 36.4 Å². The van der Waals surface area contributed by atoms with Crippen LogP contribution in [-0.2, 0) is 5.88 Å². The van der Waals surface area contributed by atoms with Crippen LogP contribution in [-0.4, -0.2) is 4.98 Å². The second-order valence-corrected chi connectivity index (χ2v) is 3.93. The van der Waals surface area contributed by atoms with Crippen molar-refractivity contribution in [1.82, 2.24) is 4.98 Å². The molecule has 0 atom stereocenters. The van der Waals surface area contributed by atoms with Gasteiger partial charge in [0.05, 0.1) is 11.6 Å². The van der Waals surface area contributed by atoms with Crippen molar-refractivity contribution in [2.75, 3.05) is 0 Å². The zero-order chi connectivity index (χ0) is 11.5. The van der Waals surface area contributed by atoms with Crippen LogP contribution in [0, 0.1) is 5.82 Å². The molecule has 0 radical (unpaired) electrons. The Hall–Kier alpha value is -1.12. The molecule has 1 nitrogen and oxygen atoms in total. The average molecular weight is 256 g/mol. The number of hydrogen-bond acceptors (Lipinski definition) is 1. The van der Waals surface area contributed by atoms with Gasteiger partial charge in [0.2, 0.25) is 0 Å². The van der Waals surface area contributed by atoms with Gasteiger partial charge in [0.1, 0.15) is 11.0 Å². The van der Waals surface area contributed by atoms with Gasteiger partial charge in [0.15, 0.2) is 0 Å². The van der Waals surface area contributed by atoms with Gasteiger partial charge < -0.3 is 0 Å². The van der Waals surface area contributed by atoms with E-state index in [1.165, 1.54) is 12.1 Å². The van der Waals surface area contributed by atoms with E-state index in [0.717, 1.165) is 11.1 Å². The quantitative estimate of drug-likeness (QED) is 0.577. The molecule has 0 bridgehead atoms. The lowest BCUT2D eigenvalue weighted by molar-refractivity contribution is 0.628. The van der Waals surface area contributed by atoms with E-state index in [1.54, 1.807) is 18.2 Å². The number of aromatic nitrogens is 1. The van der Waals surface area contributed by atoms with Crippen LogP contribution >= 0.6 is 23.2 Å². The predicted molar refractivity (Wildman–Crippen MR) is 64.2 cm³/mol. The highest BCUT2D eigenvalue weighted by Crippen LogP contribution is 2.25. The van der Waals surface area contributed by atoms with Crippen LogP contribution in [0.25, 0.3) is 11.1 Å². The van der Waals surface area contributed by atoms with Crippen molar-refractivity contribution in [2.45, 2.75) is 5.88 Å². The first-order valence-corrected chi connectivity index (χ1v) is 5.59. The summed E-state index contributed by atoms with van der Waals surface area (Å²) in [4.78, 5) is 4.11. The van der Waals surface area contributed by atoms with Gasteiger partial charge in [-0.3, -0.25) is 0 Å². The molecule has 0 saturated heterocycles. The topological polar surface area (TPSA) is 12.9 Å². The van der Waals surface area contributed by atoms with Gasteiger partial charge in [-0.2, -0.15) is 0 Å². The van der Waals surface area contributed by atoms with E-state index in [4.69, 9.17) is 23.2 Å². The number of alkyl halides is 1. The molecule has 0 amide bonds. The van der Waals surface area contributed by atoms with Crippen molar-refractivity contribution in [3.8, 4) is 11.1 Å². The van der Waals surface area contributed by atoms with Gasteiger partial charge >= 0.3 is 0 Å². The number of rotatable bonds is 2. The van der Waals surface area contributed by atoms with Gasteiger partial charge in [0, 0.05) is 5.56 Å². The molecule has 0 N–H and O–H groups in total. The molecule has 0 aliphatic heterocycles. The molecule has 1 heterocycles. The van der Waals surface area contributed by atoms with Crippen molar-refractivity contribution in [2.24, 2.45) is 0 Å².